The van der Waals surface area contributed by atoms with Crippen LogP contribution in [0.25, 0.3) is 43.5 Å². The number of rotatable bonds is 10. The molecule has 0 radical (unpaired) electrons. The summed E-state index contributed by atoms with van der Waals surface area (Å²) in [6, 6.07) is 18.6. The number of nitrogens with zero attached hydrogens (tertiary/aromatic N) is 5. The molecule has 2 aromatic carbocycles. The van der Waals surface area contributed by atoms with E-state index in [9.17, 15) is 14.7 Å². The molecule has 2 aliphatic rings. The molecule has 0 saturated heterocycles. The Morgan fingerprint density at radius 3 is 2.51 bits per heavy atom. The SMILES string of the molecule is CCC1(C)CC2(C)CC(C)(Cn3ncc(-c4ccc(-c5ccc6cccc(C(=O)Nc7nc8ncccc8s7)c6c5)nc4C(=O)O)c3C)CC(ONC)(C1)C2. The molecule has 4 heterocycles. The smallest absolute Gasteiger partial charge is 0.355 e. The van der Waals surface area contributed by atoms with Gasteiger partial charge in [-0.15, -0.1) is 0 Å². The van der Waals surface area contributed by atoms with Gasteiger partial charge in [0.25, 0.3) is 5.91 Å². The number of hydroxylamine groups is 1. The van der Waals surface area contributed by atoms with E-state index in [-0.39, 0.29) is 33.4 Å². The van der Waals surface area contributed by atoms with Crippen LogP contribution in [0.2, 0.25) is 0 Å². The minimum atomic E-state index is -1.12. The number of hydrogen-bond donors (Lipinski definition) is 3. The third-order valence-corrected chi connectivity index (χ3v) is 12.9. The summed E-state index contributed by atoms with van der Waals surface area (Å²) in [5.74, 6) is -1.42. The van der Waals surface area contributed by atoms with Gasteiger partial charge in [-0.05, 0) is 102 Å². The minimum absolute atomic E-state index is 0.0538. The molecule has 2 saturated carbocycles. The van der Waals surface area contributed by atoms with Gasteiger partial charge in [-0.2, -0.15) is 10.1 Å². The molecule has 12 heteroatoms. The molecule has 3 N–H and O–H groups in total. The van der Waals surface area contributed by atoms with Crippen molar-refractivity contribution in [2.24, 2.45) is 16.2 Å². The van der Waals surface area contributed by atoms with E-state index in [0.717, 1.165) is 59.9 Å². The lowest BCUT2D eigenvalue weighted by atomic mass is 9.47. The maximum absolute atomic E-state index is 13.6. The van der Waals surface area contributed by atoms with E-state index in [0.29, 0.717) is 45.1 Å². The molecule has 55 heavy (non-hydrogen) atoms. The van der Waals surface area contributed by atoms with Gasteiger partial charge in [0, 0.05) is 47.7 Å². The molecule has 2 aliphatic carbocycles. The minimum Gasteiger partial charge on any atom is -0.476 e. The highest BCUT2D eigenvalue weighted by Crippen LogP contribution is 2.64. The summed E-state index contributed by atoms with van der Waals surface area (Å²) in [5.41, 5.74) is 7.40. The molecule has 4 atom stereocenters. The van der Waals surface area contributed by atoms with Gasteiger partial charge in [0.05, 0.1) is 22.2 Å². The number of thiazole rings is 1. The first-order valence-electron chi connectivity index (χ1n) is 18.9. The van der Waals surface area contributed by atoms with Gasteiger partial charge in [-0.3, -0.25) is 19.6 Å². The summed E-state index contributed by atoms with van der Waals surface area (Å²) in [4.78, 5) is 46.2. The fourth-order valence-corrected chi connectivity index (χ4v) is 11.3. The van der Waals surface area contributed by atoms with Crippen LogP contribution in [0.1, 0.15) is 92.8 Å². The number of aromatic carboxylic acids is 1. The normalized spacial score (nSPS) is 25.0. The van der Waals surface area contributed by atoms with Gasteiger partial charge in [0.1, 0.15) is 0 Å². The van der Waals surface area contributed by atoms with Gasteiger partial charge >= 0.3 is 5.97 Å². The van der Waals surface area contributed by atoms with Gasteiger partial charge in [0.2, 0.25) is 0 Å². The van der Waals surface area contributed by atoms with E-state index >= 15 is 0 Å². The number of hydrogen-bond acceptors (Lipinski definition) is 9. The second kappa shape index (κ2) is 13.6. The van der Waals surface area contributed by atoms with E-state index in [1.165, 1.54) is 11.3 Å². The van der Waals surface area contributed by atoms with Gasteiger partial charge < -0.3 is 5.11 Å². The number of carbonyl (C=O) groups excluding carboxylic acids is 1. The Bertz CT molecular complexity index is 2450. The van der Waals surface area contributed by atoms with Gasteiger partial charge in [-0.25, -0.2) is 20.2 Å². The van der Waals surface area contributed by atoms with Gasteiger partial charge in [0.15, 0.2) is 16.5 Å². The lowest BCUT2D eigenvalue weighted by Crippen LogP contribution is -2.58. The number of nitrogens with one attached hydrogen (secondary N) is 2. The van der Waals surface area contributed by atoms with E-state index in [1.54, 1.807) is 18.5 Å². The number of carboxylic acid groups (broad SMARTS) is 1. The Kier molecular flexibility index (Phi) is 9.13. The highest BCUT2D eigenvalue weighted by Gasteiger charge is 2.59. The Morgan fingerprint density at radius 1 is 0.945 bits per heavy atom. The van der Waals surface area contributed by atoms with Crippen LogP contribution < -0.4 is 10.8 Å². The molecule has 8 rings (SSSR count). The molecule has 1 amide bonds. The van der Waals surface area contributed by atoms with Crippen LogP contribution in [-0.4, -0.2) is 54.4 Å². The topological polar surface area (TPSA) is 144 Å². The Labute approximate surface area is 324 Å². The van der Waals surface area contributed by atoms with Crippen molar-refractivity contribution in [1.82, 2.24) is 30.2 Å². The number of carboxylic acids is 1. The van der Waals surface area contributed by atoms with Crippen molar-refractivity contribution in [1.29, 1.82) is 0 Å². The summed E-state index contributed by atoms with van der Waals surface area (Å²) in [6.45, 7) is 12.2. The quantitative estimate of drug-likeness (QED) is 0.116. The van der Waals surface area contributed by atoms with Crippen molar-refractivity contribution in [3.05, 3.63) is 90.0 Å². The first kappa shape index (κ1) is 36.9. The molecular weight excluding hydrogens is 711 g/mol. The Hall–Kier alpha value is -5.04. The van der Waals surface area contributed by atoms with Crippen LogP contribution in [0, 0.1) is 23.2 Å². The number of carbonyl (C=O) groups is 2. The number of anilines is 1. The first-order valence-corrected chi connectivity index (χ1v) is 19.7. The molecule has 4 aromatic heterocycles. The van der Waals surface area contributed by atoms with E-state index < -0.39 is 5.97 Å². The molecule has 0 aliphatic heterocycles. The Balaban J connectivity index is 1.08. The van der Waals surface area contributed by atoms with Crippen molar-refractivity contribution in [2.75, 3.05) is 12.4 Å². The second-order valence-electron chi connectivity index (χ2n) is 16.9. The van der Waals surface area contributed by atoms with Crippen LogP contribution in [0.15, 0.2) is 73.1 Å². The third kappa shape index (κ3) is 6.91. The summed E-state index contributed by atoms with van der Waals surface area (Å²) in [5, 5.41) is 20.3. The maximum atomic E-state index is 13.6. The van der Waals surface area contributed by atoms with Crippen LogP contribution in [0.4, 0.5) is 5.13 Å². The molecule has 4 unspecified atom stereocenters. The molecule has 0 spiro atoms. The number of amides is 1. The average Bonchev–Trinajstić information content (AvgIpc) is 3.71. The van der Waals surface area contributed by atoms with Crippen molar-refractivity contribution >= 4 is 49.5 Å². The zero-order chi connectivity index (χ0) is 38.8. The van der Waals surface area contributed by atoms with Crippen LogP contribution in [0.5, 0.6) is 0 Å². The van der Waals surface area contributed by atoms with Crippen molar-refractivity contribution in [2.45, 2.75) is 85.3 Å². The summed E-state index contributed by atoms with van der Waals surface area (Å²) >= 11 is 1.36. The number of fused-ring (bicyclic) bond motifs is 4. The second-order valence-corrected chi connectivity index (χ2v) is 17.9. The van der Waals surface area contributed by atoms with Crippen LogP contribution >= 0.6 is 11.3 Å². The lowest BCUT2D eigenvalue weighted by Gasteiger charge is -2.61. The van der Waals surface area contributed by atoms with Crippen LogP contribution in [0.3, 0.4) is 0 Å². The van der Waals surface area contributed by atoms with E-state index in [4.69, 9.17) is 14.9 Å². The summed E-state index contributed by atoms with van der Waals surface area (Å²) < 4.78 is 2.92. The average molecular weight is 758 g/mol. The largest absolute Gasteiger partial charge is 0.476 e. The predicted molar refractivity (Wildman–Crippen MR) is 216 cm³/mol. The van der Waals surface area contributed by atoms with Crippen molar-refractivity contribution < 1.29 is 19.5 Å². The molecule has 11 nitrogen and oxygen atoms in total. The maximum Gasteiger partial charge on any atom is 0.355 e. The number of pyridine rings is 2. The van der Waals surface area contributed by atoms with E-state index in [1.807, 2.05) is 73.3 Å². The lowest BCUT2D eigenvalue weighted by molar-refractivity contribution is -0.220. The van der Waals surface area contributed by atoms with Crippen molar-refractivity contribution in [3.63, 3.8) is 0 Å². The monoisotopic (exact) mass is 757 g/mol. The molecule has 2 bridgehead atoms. The zero-order valence-corrected chi connectivity index (χ0v) is 33.0. The first-order chi connectivity index (χ1) is 26.2. The third-order valence-electron chi connectivity index (χ3n) is 12.0. The fraction of sp³-hybridized carbons (Fsp3) is 0.395. The van der Waals surface area contributed by atoms with E-state index in [2.05, 4.69) is 48.5 Å². The molecule has 6 aromatic rings. The molecule has 2 fully saturated rings. The standard InChI is InChI=1S/C43H47N7O4S/c1-7-40(3)20-41(4)21-42(5,24-43(22-40,23-41)54-44-6)25-50-26(2)32(19-46-50)29-15-16-33(47-35(29)38(52)53)28-14-13-27-10-8-11-30(31(27)18-28)37(51)49-39-48-36-34(55-39)12-9-17-45-36/h8-19,44H,7,20-25H2,1-6H3,(H,52,53)(H,45,48,49,51). The van der Waals surface area contributed by atoms with Crippen LogP contribution in [-0.2, 0) is 11.4 Å². The van der Waals surface area contributed by atoms with Gasteiger partial charge in [-0.1, -0.05) is 69.7 Å². The predicted octanol–water partition coefficient (Wildman–Crippen LogP) is 9.33. The van der Waals surface area contributed by atoms with Crippen molar-refractivity contribution in [3.8, 4) is 22.4 Å². The summed E-state index contributed by atoms with van der Waals surface area (Å²) in [6.07, 6.45) is 9.74. The highest BCUT2D eigenvalue weighted by atomic mass is 32.1. The molecular formula is C43H47N7O4S. The molecule has 284 valence electrons. The number of aromatic nitrogens is 5. The zero-order valence-electron chi connectivity index (χ0n) is 32.2. The Morgan fingerprint density at radius 2 is 1.75 bits per heavy atom. The highest BCUT2D eigenvalue weighted by molar-refractivity contribution is 7.22. The summed E-state index contributed by atoms with van der Waals surface area (Å²) in [7, 11) is 1.86. The number of benzene rings is 2. The fourth-order valence-electron chi connectivity index (χ4n) is 10.4.